The molecule has 7 heteroatoms. The first kappa shape index (κ1) is 15.5. The first-order valence-corrected chi connectivity index (χ1v) is 9.01. The standard InChI is InChI=1S/C13H15BrN2O2S2/c1-8-3-4-10(6-11(8)14)16-20(17,18)13-5-9(2)12(7-15)19-13/h3-6,16H,7,15H2,1-2H3. The zero-order valence-electron chi connectivity index (χ0n) is 11.1. The van der Waals surface area contributed by atoms with E-state index in [9.17, 15) is 8.42 Å². The molecular formula is C13H15BrN2O2S2. The van der Waals surface area contributed by atoms with Crippen molar-refractivity contribution in [2.24, 2.45) is 5.73 Å². The highest BCUT2D eigenvalue weighted by Gasteiger charge is 2.18. The van der Waals surface area contributed by atoms with Crippen molar-refractivity contribution in [3.8, 4) is 0 Å². The number of thiophene rings is 1. The summed E-state index contributed by atoms with van der Waals surface area (Å²) in [7, 11) is -3.56. The molecule has 1 aromatic heterocycles. The van der Waals surface area contributed by atoms with E-state index >= 15 is 0 Å². The molecule has 0 spiro atoms. The van der Waals surface area contributed by atoms with Gasteiger partial charge in [-0.15, -0.1) is 11.3 Å². The van der Waals surface area contributed by atoms with Crippen LogP contribution in [0.15, 0.2) is 32.9 Å². The van der Waals surface area contributed by atoms with Gasteiger partial charge in [0.05, 0.1) is 0 Å². The van der Waals surface area contributed by atoms with E-state index in [0.717, 1.165) is 20.5 Å². The largest absolute Gasteiger partial charge is 0.326 e. The van der Waals surface area contributed by atoms with Gasteiger partial charge in [0.1, 0.15) is 4.21 Å². The highest BCUT2D eigenvalue weighted by molar-refractivity contribution is 9.10. The molecule has 3 N–H and O–H groups in total. The third kappa shape index (κ3) is 3.22. The summed E-state index contributed by atoms with van der Waals surface area (Å²) in [6.07, 6.45) is 0. The number of anilines is 1. The smallest absolute Gasteiger partial charge is 0.271 e. The van der Waals surface area contributed by atoms with Crippen molar-refractivity contribution in [3.63, 3.8) is 0 Å². The molecule has 0 bridgehead atoms. The third-order valence-electron chi connectivity index (χ3n) is 2.87. The highest BCUT2D eigenvalue weighted by atomic mass is 79.9. The fourth-order valence-electron chi connectivity index (χ4n) is 1.69. The van der Waals surface area contributed by atoms with Crippen LogP contribution in [0.3, 0.4) is 0 Å². The molecule has 2 aromatic rings. The molecule has 0 amide bonds. The van der Waals surface area contributed by atoms with Crippen LogP contribution in [-0.2, 0) is 16.6 Å². The fraction of sp³-hybridized carbons (Fsp3) is 0.231. The summed E-state index contributed by atoms with van der Waals surface area (Å²) in [4.78, 5) is 0.885. The van der Waals surface area contributed by atoms with Gasteiger partial charge in [0.2, 0.25) is 0 Å². The first-order valence-electron chi connectivity index (χ1n) is 5.92. The Morgan fingerprint density at radius 3 is 2.50 bits per heavy atom. The summed E-state index contributed by atoms with van der Waals surface area (Å²) in [6.45, 7) is 4.15. The van der Waals surface area contributed by atoms with Gasteiger partial charge in [-0.1, -0.05) is 22.0 Å². The van der Waals surface area contributed by atoms with Crippen molar-refractivity contribution in [2.45, 2.75) is 24.6 Å². The van der Waals surface area contributed by atoms with E-state index < -0.39 is 10.0 Å². The molecule has 20 heavy (non-hydrogen) atoms. The minimum absolute atomic E-state index is 0.284. The maximum atomic E-state index is 12.3. The quantitative estimate of drug-likeness (QED) is 0.861. The van der Waals surface area contributed by atoms with Crippen molar-refractivity contribution in [3.05, 3.63) is 44.7 Å². The maximum Gasteiger partial charge on any atom is 0.271 e. The van der Waals surface area contributed by atoms with Gasteiger partial charge < -0.3 is 5.73 Å². The summed E-state index contributed by atoms with van der Waals surface area (Å²) < 4.78 is 28.4. The third-order valence-corrected chi connectivity index (χ3v) is 6.84. The Bertz CT molecular complexity index is 739. The lowest BCUT2D eigenvalue weighted by atomic mass is 10.2. The van der Waals surface area contributed by atoms with Crippen molar-refractivity contribution in [1.29, 1.82) is 0 Å². The molecule has 0 atom stereocenters. The van der Waals surface area contributed by atoms with E-state index in [0.29, 0.717) is 12.2 Å². The predicted molar refractivity (Wildman–Crippen MR) is 86.6 cm³/mol. The van der Waals surface area contributed by atoms with Crippen LogP contribution in [0.4, 0.5) is 5.69 Å². The topological polar surface area (TPSA) is 72.2 Å². The normalized spacial score (nSPS) is 11.6. The molecule has 0 aliphatic rings. The molecule has 1 aromatic carbocycles. The summed E-state index contributed by atoms with van der Waals surface area (Å²) in [5, 5.41) is 0. The number of halogens is 1. The highest BCUT2D eigenvalue weighted by Crippen LogP contribution is 2.28. The van der Waals surface area contributed by atoms with Gasteiger partial charge in [-0.25, -0.2) is 8.42 Å². The minimum Gasteiger partial charge on any atom is -0.326 e. The zero-order valence-corrected chi connectivity index (χ0v) is 14.3. The van der Waals surface area contributed by atoms with E-state index in [-0.39, 0.29) is 4.21 Å². The zero-order chi connectivity index (χ0) is 14.9. The SMILES string of the molecule is Cc1ccc(NS(=O)(=O)c2cc(C)c(CN)s2)cc1Br. The van der Waals surface area contributed by atoms with Crippen molar-refractivity contribution >= 4 is 43.0 Å². The van der Waals surface area contributed by atoms with Gasteiger partial charge in [0.25, 0.3) is 10.0 Å². The van der Waals surface area contributed by atoms with E-state index in [2.05, 4.69) is 20.7 Å². The number of nitrogens with one attached hydrogen (secondary N) is 1. The number of rotatable bonds is 4. The molecule has 1 heterocycles. The van der Waals surface area contributed by atoms with Gasteiger partial charge in [-0.05, 0) is 43.2 Å². The second kappa shape index (κ2) is 5.85. The van der Waals surface area contributed by atoms with Gasteiger partial charge >= 0.3 is 0 Å². The van der Waals surface area contributed by atoms with Crippen molar-refractivity contribution < 1.29 is 8.42 Å². The van der Waals surface area contributed by atoms with Crippen LogP contribution in [0.2, 0.25) is 0 Å². The molecule has 0 radical (unpaired) electrons. The Balaban J connectivity index is 2.32. The Morgan fingerprint density at radius 2 is 1.95 bits per heavy atom. The number of nitrogens with two attached hydrogens (primary N) is 1. The van der Waals surface area contributed by atoms with Crippen LogP contribution in [0.5, 0.6) is 0 Å². The fourth-order valence-corrected chi connectivity index (χ4v) is 4.58. The van der Waals surface area contributed by atoms with Crippen LogP contribution in [0.1, 0.15) is 16.0 Å². The van der Waals surface area contributed by atoms with Crippen LogP contribution >= 0.6 is 27.3 Å². The second-order valence-corrected chi connectivity index (χ2v) is 8.35. The molecule has 0 fully saturated rings. The molecule has 4 nitrogen and oxygen atoms in total. The number of benzene rings is 1. The lowest BCUT2D eigenvalue weighted by Gasteiger charge is -2.07. The Morgan fingerprint density at radius 1 is 1.25 bits per heavy atom. The lowest BCUT2D eigenvalue weighted by molar-refractivity contribution is 0.603. The van der Waals surface area contributed by atoms with E-state index in [1.165, 1.54) is 11.3 Å². The van der Waals surface area contributed by atoms with Crippen LogP contribution in [-0.4, -0.2) is 8.42 Å². The number of sulfonamides is 1. The van der Waals surface area contributed by atoms with Crippen LogP contribution < -0.4 is 10.5 Å². The molecule has 0 aliphatic heterocycles. The Labute approximate surface area is 131 Å². The average Bonchev–Trinajstić information content (AvgIpc) is 2.76. The number of hydrogen-bond donors (Lipinski definition) is 2. The molecule has 0 aliphatic carbocycles. The summed E-state index contributed by atoms with van der Waals surface area (Å²) in [5.74, 6) is 0. The van der Waals surface area contributed by atoms with Gasteiger partial charge in [-0.2, -0.15) is 0 Å². The second-order valence-electron chi connectivity index (χ2n) is 4.45. The van der Waals surface area contributed by atoms with Crippen molar-refractivity contribution in [2.75, 3.05) is 4.72 Å². The summed E-state index contributed by atoms with van der Waals surface area (Å²) in [5.41, 5.74) is 8.07. The van der Waals surface area contributed by atoms with Crippen molar-refractivity contribution in [1.82, 2.24) is 0 Å². The average molecular weight is 375 g/mol. The molecule has 2 rings (SSSR count). The minimum atomic E-state index is -3.56. The molecule has 0 saturated heterocycles. The Kier molecular flexibility index (Phi) is 4.53. The molecular weight excluding hydrogens is 360 g/mol. The maximum absolute atomic E-state index is 12.3. The van der Waals surface area contributed by atoms with E-state index in [1.807, 2.05) is 19.9 Å². The van der Waals surface area contributed by atoms with Gasteiger partial charge in [0.15, 0.2) is 0 Å². The monoisotopic (exact) mass is 374 g/mol. The molecule has 0 unspecified atom stereocenters. The molecule has 0 saturated carbocycles. The van der Waals surface area contributed by atoms with Gasteiger partial charge in [0, 0.05) is 21.6 Å². The van der Waals surface area contributed by atoms with E-state index in [4.69, 9.17) is 5.73 Å². The Hall–Kier alpha value is -0.890. The molecule has 108 valence electrons. The number of aryl methyl sites for hydroxylation is 2. The first-order chi connectivity index (χ1) is 9.33. The summed E-state index contributed by atoms with van der Waals surface area (Å²) >= 11 is 4.59. The lowest BCUT2D eigenvalue weighted by Crippen LogP contribution is -2.11. The number of hydrogen-bond acceptors (Lipinski definition) is 4. The summed E-state index contributed by atoms with van der Waals surface area (Å²) in [6, 6.07) is 6.99. The van der Waals surface area contributed by atoms with Crippen LogP contribution in [0, 0.1) is 13.8 Å². The predicted octanol–water partition coefficient (Wildman–Crippen LogP) is 3.39. The van der Waals surface area contributed by atoms with E-state index in [1.54, 1.807) is 18.2 Å². The van der Waals surface area contributed by atoms with Gasteiger partial charge in [-0.3, -0.25) is 4.72 Å². The van der Waals surface area contributed by atoms with Crippen LogP contribution in [0.25, 0.3) is 0 Å².